The van der Waals surface area contributed by atoms with Gasteiger partial charge in [-0.25, -0.2) is 13.1 Å². The Bertz CT molecular complexity index is 601. The zero-order chi connectivity index (χ0) is 16.2. The van der Waals surface area contributed by atoms with E-state index in [0.29, 0.717) is 11.6 Å². The summed E-state index contributed by atoms with van der Waals surface area (Å²) in [4.78, 5) is 2.18. The van der Waals surface area contributed by atoms with Crippen molar-refractivity contribution < 1.29 is 8.42 Å². The van der Waals surface area contributed by atoms with Gasteiger partial charge < -0.3 is 10.2 Å². The van der Waals surface area contributed by atoms with Crippen LogP contribution in [0, 0.1) is 0 Å². The molecule has 24 heavy (non-hydrogen) atoms. The third kappa shape index (κ3) is 7.02. The van der Waals surface area contributed by atoms with Gasteiger partial charge in [0.25, 0.3) is 0 Å². The average molecular weight is 460 g/mol. The maximum absolute atomic E-state index is 12.3. The lowest BCUT2D eigenvalue weighted by molar-refractivity contribution is 0.239. The van der Waals surface area contributed by atoms with Crippen LogP contribution in [0.1, 0.15) is 6.42 Å². The van der Waals surface area contributed by atoms with Crippen molar-refractivity contribution in [3.05, 3.63) is 27.2 Å². The van der Waals surface area contributed by atoms with E-state index in [1.54, 1.807) is 0 Å². The quantitative estimate of drug-likeness (QED) is 0.642. The molecule has 0 bridgehead atoms. The Morgan fingerprint density at radius 3 is 2.17 bits per heavy atom. The van der Waals surface area contributed by atoms with E-state index in [2.05, 4.69) is 14.9 Å². The molecule has 0 aliphatic carbocycles. The van der Waals surface area contributed by atoms with Crippen LogP contribution in [0.3, 0.4) is 0 Å². The molecule has 0 saturated carbocycles. The third-order valence-electron chi connectivity index (χ3n) is 3.38. The molecule has 1 aliphatic rings. The molecule has 2 N–H and O–H groups in total. The summed E-state index contributed by atoms with van der Waals surface area (Å²) < 4.78 is 27.1. The highest BCUT2D eigenvalue weighted by Gasteiger charge is 2.22. The second kappa shape index (κ2) is 11.3. The van der Waals surface area contributed by atoms with Crippen molar-refractivity contribution in [1.29, 1.82) is 0 Å². The Labute approximate surface area is 170 Å². The second-order valence-corrected chi connectivity index (χ2v) is 8.00. The van der Waals surface area contributed by atoms with E-state index >= 15 is 0 Å². The standard InChI is InChI=1S/C13H18Cl3N3O2S.2ClH/c14-10-8-11(15)13(12(16)9-10)22(20,21)18-2-1-5-19-6-3-17-4-7-19;;/h8-9,17-18H,1-7H2;2*1H. The lowest BCUT2D eigenvalue weighted by atomic mass is 10.3. The molecule has 2 rings (SSSR count). The van der Waals surface area contributed by atoms with Crippen molar-refractivity contribution in [2.45, 2.75) is 11.3 Å². The largest absolute Gasteiger partial charge is 0.314 e. The molecule has 0 atom stereocenters. The second-order valence-electron chi connectivity index (χ2n) is 5.04. The average Bonchev–Trinajstić information content (AvgIpc) is 2.43. The first-order valence-corrected chi connectivity index (χ1v) is 9.59. The monoisotopic (exact) mass is 457 g/mol. The van der Waals surface area contributed by atoms with Gasteiger partial charge in [-0.1, -0.05) is 34.8 Å². The number of nitrogens with one attached hydrogen (secondary N) is 2. The van der Waals surface area contributed by atoms with Gasteiger partial charge in [0.05, 0.1) is 10.0 Å². The smallest absolute Gasteiger partial charge is 0.243 e. The summed E-state index contributed by atoms with van der Waals surface area (Å²) in [6.45, 7) is 5.11. The summed E-state index contributed by atoms with van der Waals surface area (Å²) in [6, 6.07) is 2.73. The van der Waals surface area contributed by atoms with Gasteiger partial charge in [-0.05, 0) is 25.1 Å². The minimum atomic E-state index is -3.74. The van der Waals surface area contributed by atoms with Gasteiger partial charge in [-0.15, -0.1) is 24.8 Å². The van der Waals surface area contributed by atoms with Gasteiger partial charge in [0, 0.05) is 37.7 Å². The van der Waals surface area contributed by atoms with Crippen LogP contribution in [-0.4, -0.2) is 52.6 Å². The molecular formula is C13H20Cl5N3O2S. The number of nitrogens with zero attached hydrogens (tertiary/aromatic N) is 1. The zero-order valence-corrected chi connectivity index (χ0v) is 17.4. The van der Waals surface area contributed by atoms with E-state index in [1.165, 1.54) is 12.1 Å². The molecular weight excluding hydrogens is 439 g/mol. The SMILES string of the molecule is Cl.Cl.O=S(=O)(NCCCN1CCNCC1)c1c(Cl)cc(Cl)cc1Cl. The first-order valence-electron chi connectivity index (χ1n) is 6.97. The molecule has 0 amide bonds. The topological polar surface area (TPSA) is 61.4 Å². The van der Waals surface area contributed by atoms with E-state index in [-0.39, 0.29) is 39.8 Å². The molecule has 11 heteroatoms. The molecule has 0 aromatic heterocycles. The molecule has 1 heterocycles. The highest BCUT2D eigenvalue weighted by atomic mass is 35.5. The molecule has 0 spiro atoms. The number of hydrogen-bond donors (Lipinski definition) is 2. The van der Waals surface area contributed by atoms with Gasteiger partial charge >= 0.3 is 0 Å². The van der Waals surface area contributed by atoms with Crippen molar-refractivity contribution in [1.82, 2.24) is 14.9 Å². The molecule has 1 aromatic rings. The van der Waals surface area contributed by atoms with E-state index in [4.69, 9.17) is 34.8 Å². The van der Waals surface area contributed by atoms with Gasteiger partial charge in [0.1, 0.15) is 4.90 Å². The van der Waals surface area contributed by atoms with Crippen LogP contribution in [0.4, 0.5) is 0 Å². The van der Waals surface area contributed by atoms with Crippen LogP contribution in [0.2, 0.25) is 15.1 Å². The Kier molecular flexibility index (Phi) is 11.5. The Balaban J connectivity index is 0.00000264. The highest BCUT2D eigenvalue weighted by molar-refractivity contribution is 7.89. The van der Waals surface area contributed by atoms with Gasteiger partial charge in [-0.3, -0.25) is 0 Å². The fourth-order valence-electron chi connectivity index (χ4n) is 2.30. The van der Waals surface area contributed by atoms with Gasteiger partial charge in [0.2, 0.25) is 10.0 Å². The van der Waals surface area contributed by atoms with Gasteiger partial charge in [-0.2, -0.15) is 0 Å². The Hall–Kier alpha value is 0.500. The number of rotatable bonds is 6. The normalized spacial score (nSPS) is 15.5. The lowest BCUT2D eigenvalue weighted by Gasteiger charge is -2.27. The summed E-state index contributed by atoms with van der Waals surface area (Å²) in [7, 11) is -3.74. The fourth-order valence-corrected chi connectivity index (χ4v) is 4.92. The molecule has 1 fully saturated rings. The van der Waals surface area contributed by atoms with Crippen molar-refractivity contribution in [3.63, 3.8) is 0 Å². The number of piperazine rings is 1. The molecule has 5 nitrogen and oxygen atoms in total. The van der Waals surface area contributed by atoms with Crippen molar-refractivity contribution >= 4 is 69.6 Å². The molecule has 1 aliphatic heterocycles. The molecule has 0 unspecified atom stereocenters. The predicted molar refractivity (Wildman–Crippen MR) is 105 cm³/mol. The molecule has 1 saturated heterocycles. The minimum Gasteiger partial charge on any atom is -0.314 e. The Morgan fingerprint density at radius 1 is 1.08 bits per heavy atom. The maximum Gasteiger partial charge on any atom is 0.243 e. The van der Waals surface area contributed by atoms with E-state index in [9.17, 15) is 8.42 Å². The molecule has 0 radical (unpaired) electrons. The summed E-state index contributed by atoms with van der Waals surface area (Å²) in [5.74, 6) is 0. The van der Waals surface area contributed by atoms with Crippen molar-refractivity contribution in [3.8, 4) is 0 Å². The predicted octanol–water partition coefficient (Wildman–Crippen LogP) is 3.06. The van der Waals surface area contributed by atoms with Crippen LogP contribution in [0.5, 0.6) is 0 Å². The van der Waals surface area contributed by atoms with Crippen LogP contribution in [0.25, 0.3) is 0 Å². The first kappa shape index (κ1) is 24.5. The van der Waals surface area contributed by atoms with Crippen LogP contribution < -0.4 is 10.0 Å². The van der Waals surface area contributed by atoms with Crippen molar-refractivity contribution in [2.75, 3.05) is 39.3 Å². The Morgan fingerprint density at radius 2 is 1.62 bits per heavy atom. The number of benzene rings is 1. The number of hydrogen-bond acceptors (Lipinski definition) is 4. The van der Waals surface area contributed by atoms with E-state index in [0.717, 1.165) is 39.1 Å². The first-order chi connectivity index (χ1) is 10.4. The fraction of sp³-hybridized carbons (Fsp3) is 0.538. The van der Waals surface area contributed by atoms with Crippen LogP contribution in [-0.2, 0) is 10.0 Å². The summed E-state index contributed by atoms with van der Waals surface area (Å²) in [6.07, 6.45) is 0.724. The highest BCUT2D eigenvalue weighted by Crippen LogP contribution is 2.32. The third-order valence-corrected chi connectivity index (χ3v) is 5.98. The summed E-state index contributed by atoms with van der Waals surface area (Å²) >= 11 is 17.7. The minimum absolute atomic E-state index is 0. The summed E-state index contributed by atoms with van der Waals surface area (Å²) in [5, 5.41) is 3.61. The zero-order valence-electron chi connectivity index (χ0n) is 12.7. The van der Waals surface area contributed by atoms with E-state index in [1.807, 2.05) is 0 Å². The maximum atomic E-state index is 12.3. The molecule has 1 aromatic carbocycles. The number of halogens is 5. The van der Waals surface area contributed by atoms with E-state index < -0.39 is 10.0 Å². The summed E-state index contributed by atoms with van der Waals surface area (Å²) in [5.41, 5.74) is 0. The van der Waals surface area contributed by atoms with Crippen LogP contribution >= 0.6 is 59.6 Å². The lowest BCUT2D eigenvalue weighted by Crippen LogP contribution is -2.44. The molecule has 140 valence electrons. The number of sulfonamides is 1. The van der Waals surface area contributed by atoms with Crippen LogP contribution in [0.15, 0.2) is 17.0 Å². The van der Waals surface area contributed by atoms with Gasteiger partial charge in [0.15, 0.2) is 0 Å². The van der Waals surface area contributed by atoms with Crippen molar-refractivity contribution in [2.24, 2.45) is 0 Å².